The molecule has 7 nitrogen and oxygen atoms in total. The minimum atomic E-state index is -0.780. The molecule has 3 heterocycles. The van der Waals surface area contributed by atoms with Crippen LogP contribution >= 0.6 is 0 Å². The number of aromatic nitrogens is 1. The van der Waals surface area contributed by atoms with Gasteiger partial charge in [0.25, 0.3) is 11.7 Å². The first kappa shape index (κ1) is 27.8. The van der Waals surface area contributed by atoms with Gasteiger partial charge in [-0.1, -0.05) is 11.6 Å². The number of ether oxygens (including phenoxy) is 2. The third-order valence-corrected chi connectivity index (χ3v) is 9.93. The van der Waals surface area contributed by atoms with Crippen molar-refractivity contribution in [1.29, 1.82) is 0 Å². The summed E-state index contributed by atoms with van der Waals surface area (Å²) in [6.45, 7) is 8.93. The van der Waals surface area contributed by atoms with Crippen LogP contribution in [0.5, 0.6) is 11.5 Å². The summed E-state index contributed by atoms with van der Waals surface area (Å²) in [6, 6.07) is 4.71. The van der Waals surface area contributed by atoms with Crippen LogP contribution in [0.3, 0.4) is 0 Å². The van der Waals surface area contributed by atoms with Crippen molar-refractivity contribution in [3.63, 3.8) is 0 Å². The first-order chi connectivity index (χ1) is 19.5. The minimum Gasteiger partial charge on any atom is -0.448 e. The molecule has 4 aliphatic rings. The Balaban J connectivity index is 1.40. The number of ketones is 1. The summed E-state index contributed by atoms with van der Waals surface area (Å²) in [5.41, 5.74) is 7.32. The van der Waals surface area contributed by atoms with Gasteiger partial charge in [0.2, 0.25) is 0 Å². The number of hydrogen-bond donors (Lipinski definition) is 0. The highest BCUT2D eigenvalue weighted by Crippen LogP contribution is 2.55. The lowest BCUT2D eigenvalue weighted by atomic mass is 9.81. The molecule has 1 amide bonds. The monoisotopic (exact) mass is 557 g/mol. The Morgan fingerprint density at radius 1 is 1.02 bits per heavy atom. The van der Waals surface area contributed by atoms with Gasteiger partial charge in [0.15, 0.2) is 17.3 Å². The summed E-state index contributed by atoms with van der Waals surface area (Å²) in [5, 5.41) is 0. The van der Waals surface area contributed by atoms with E-state index < -0.39 is 5.79 Å². The molecular formula is C34H43N3O4. The van der Waals surface area contributed by atoms with Crippen molar-refractivity contribution in [2.45, 2.75) is 78.0 Å². The third kappa shape index (κ3) is 4.62. The van der Waals surface area contributed by atoms with Gasteiger partial charge in [0.05, 0.1) is 11.3 Å². The standard InChI is InChI=1S/C34H43N3O4/c1-20-17-21(2)26(28(38)18-20)19-37-16-14-25-29(33(37)39)22(3)31-32(30(25)27-9-8-15-36(27)7)41-34(4,40-31)23-10-12-24(13-11-23)35(5)6/h8-9,15,17,23-24H,10-14,16,18-19H2,1-7H3. The van der Waals surface area contributed by atoms with Crippen LogP contribution < -0.4 is 9.47 Å². The molecular weight excluding hydrogens is 514 g/mol. The van der Waals surface area contributed by atoms with E-state index in [0.717, 1.165) is 70.5 Å². The minimum absolute atomic E-state index is 0.0370. The van der Waals surface area contributed by atoms with Crippen molar-refractivity contribution < 1.29 is 19.1 Å². The molecule has 0 N–H and O–H groups in total. The fourth-order valence-corrected chi connectivity index (χ4v) is 7.50. The van der Waals surface area contributed by atoms with Gasteiger partial charge in [-0.3, -0.25) is 9.59 Å². The second kappa shape index (κ2) is 10.2. The zero-order chi connectivity index (χ0) is 29.2. The van der Waals surface area contributed by atoms with Crippen molar-refractivity contribution in [2.24, 2.45) is 13.0 Å². The zero-order valence-corrected chi connectivity index (χ0v) is 25.6. The molecule has 1 unspecified atom stereocenters. The van der Waals surface area contributed by atoms with Crippen molar-refractivity contribution >= 4 is 11.7 Å². The average Bonchev–Trinajstić information content (AvgIpc) is 3.51. The fourth-order valence-electron chi connectivity index (χ4n) is 7.50. The number of benzene rings is 1. The lowest BCUT2D eigenvalue weighted by Crippen LogP contribution is -2.46. The van der Waals surface area contributed by atoms with Gasteiger partial charge in [-0.15, -0.1) is 0 Å². The first-order valence-corrected chi connectivity index (χ1v) is 15.0. The van der Waals surface area contributed by atoms with Crippen LogP contribution in [0.1, 0.15) is 74.4 Å². The van der Waals surface area contributed by atoms with Gasteiger partial charge >= 0.3 is 0 Å². The molecule has 0 radical (unpaired) electrons. The molecule has 2 aromatic rings. The van der Waals surface area contributed by atoms with Crippen LogP contribution in [0, 0.1) is 12.8 Å². The van der Waals surface area contributed by atoms with E-state index in [4.69, 9.17) is 9.47 Å². The SMILES string of the molecule is CC1=CC(C)=C(CN2CCc3c(c(C)c4c(c3-c3cccn3C)OC(C)(C3CCC(N(C)C)CC3)O4)C2=O)C(=O)C1. The zero-order valence-electron chi connectivity index (χ0n) is 25.6. The lowest BCUT2D eigenvalue weighted by molar-refractivity contribution is -0.123. The first-order valence-electron chi connectivity index (χ1n) is 15.0. The lowest BCUT2D eigenvalue weighted by Gasteiger charge is -2.39. The third-order valence-electron chi connectivity index (χ3n) is 9.93. The van der Waals surface area contributed by atoms with Gasteiger partial charge in [-0.05, 0) is 90.2 Å². The van der Waals surface area contributed by atoms with Crippen LogP contribution in [0.4, 0.5) is 0 Å². The average molecular weight is 558 g/mol. The molecule has 7 heteroatoms. The number of amides is 1. The molecule has 0 saturated heterocycles. The maximum absolute atomic E-state index is 14.2. The van der Waals surface area contributed by atoms with Gasteiger partial charge in [0, 0.05) is 68.3 Å². The Kier molecular flexibility index (Phi) is 6.92. The number of aryl methyl sites for hydroxylation is 1. The van der Waals surface area contributed by atoms with Crippen LogP contribution in [0.25, 0.3) is 11.3 Å². The largest absolute Gasteiger partial charge is 0.448 e. The normalized spacial score (nSPS) is 26.1. The van der Waals surface area contributed by atoms with E-state index in [9.17, 15) is 9.59 Å². The number of fused-ring (bicyclic) bond motifs is 2. The smallest absolute Gasteiger partial charge is 0.254 e. The predicted molar refractivity (Wildman–Crippen MR) is 160 cm³/mol. The second-order valence-electron chi connectivity index (χ2n) is 12.9. The van der Waals surface area contributed by atoms with Gasteiger partial charge in [-0.25, -0.2) is 0 Å². The molecule has 1 aromatic heterocycles. The molecule has 6 rings (SSSR count). The maximum atomic E-state index is 14.2. The Hall–Kier alpha value is -3.32. The summed E-state index contributed by atoms with van der Waals surface area (Å²) >= 11 is 0. The maximum Gasteiger partial charge on any atom is 0.254 e. The van der Waals surface area contributed by atoms with Crippen LogP contribution in [-0.4, -0.2) is 65.1 Å². The second-order valence-corrected chi connectivity index (χ2v) is 12.9. The summed E-state index contributed by atoms with van der Waals surface area (Å²) in [4.78, 5) is 31.3. The number of nitrogens with zero attached hydrogens (tertiary/aromatic N) is 3. The van der Waals surface area contributed by atoms with Crippen molar-refractivity contribution in [3.05, 3.63) is 57.8 Å². The van der Waals surface area contributed by atoms with Crippen LogP contribution in [0.15, 0.2) is 41.1 Å². The molecule has 1 saturated carbocycles. The number of Topliss-reactive ketones (excluding diaryl/α,β-unsaturated/α-hetero) is 1. The van der Waals surface area contributed by atoms with Gasteiger partial charge < -0.3 is 23.8 Å². The summed E-state index contributed by atoms with van der Waals surface area (Å²) in [7, 11) is 6.35. The number of carbonyl (C=O) groups excluding carboxylic acids is 2. The highest BCUT2D eigenvalue weighted by Gasteiger charge is 2.49. The number of carbonyl (C=O) groups is 2. The Morgan fingerprint density at radius 3 is 2.37 bits per heavy atom. The van der Waals surface area contributed by atoms with Crippen molar-refractivity contribution in [1.82, 2.24) is 14.4 Å². The molecule has 2 aliphatic carbocycles. The van der Waals surface area contributed by atoms with Gasteiger partial charge in [0.1, 0.15) is 0 Å². The molecule has 1 atom stereocenters. The van der Waals surface area contributed by atoms with Crippen LogP contribution in [0.2, 0.25) is 0 Å². The molecule has 218 valence electrons. The van der Waals surface area contributed by atoms with E-state index in [2.05, 4.69) is 42.6 Å². The van der Waals surface area contributed by atoms with E-state index in [1.165, 1.54) is 0 Å². The van der Waals surface area contributed by atoms with Crippen LogP contribution in [-0.2, 0) is 18.3 Å². The molecule has 0 spiro atoms. The molecule has 1 aromatic carbocycles. The van der Waals surface area contributed by atoms with E-state index >= 15 is 0 Å². The fraction of sp³-hybridized carbons (Fsp3) is 0.529. The number of hydrogen-bond acceptors (Lipinski definition) is 5. The summed E-state index contributed by atoms with van der Waals surface area (Å²) in [5.74, 6) is 1.02. The Morgan fingerprint density at radius 2 is 1.73 bits per heavy atom. The predicted octanol–water partition coefficient (Wildman–Crippen LogP) is 5.84. The highest BCUT2D eigenvalue weighted by atomic mass is 16.7. The molecule has 41 heavy (non-hydrogen) atoms. The summed E-state index contributed by atoms with van der Waals surface area (Å²) in [6.07, 6.45) is 9.53. The Labute approximate surface area is 243 Å². The van der Waals surface area contributed by atoms with Crippen molar-refractivity contribution in [3.8, 4) is 22.8 Å². The highest BCUT2D eigenvalue weighted by molar-refractivity contribution is 6.04. The summed E-state index contributed by atoms with van der Waals surface area (Å²) < 4.78 is 15.8. The molecule has 2 aliphatic heterocycles. The van der Waals surface area contributed by atoms with E-state index in [1.807, 2.05) is 45.0 Å². The van der Waals surface area contributed by atoms with E-state index in [0.29, 0.717) is 43.3 Å². The molecule has 0 bridgehead atoms. The van der Waals surface area contributed by atoms with E-state index in [-0.39, 0.29) is 17.6 Å². The topological polar surface area (TPSA) is 64.0 Å². The molecule has 1 fully saturated rings. The van der Waals surface area contributed by atoms with Crippen molar-refractivity contribution in [2.75, 3.05) is 27.2 Å². The van der Waals surface area contributed by atoms with Gasteiger partial charge in [-0.2, -0.15) is 0 Å². The van der Waals surface area contributed by atoms with E-state index in [1.54, 1.807) is 0 Å². The number of allylic oxidation sites excluding steroid dienone is 3. The Bertz CT molecular complexity index is 1490. The number of rotatable bonds is 5. The quantitative estimate of drug-likeness (QED) is 0.462.